The summed E-state index contributed by atoms with van der Waals surface area (Å²) in [5.41, 5.74) is 5.46. The van der Waals surface area contributed by atoms with Gasteiger partial charge in [0.05, 0.1) is 33.2 Å². The molecule has 6 aromatic heterocycles. The van der Waals surface area contributed by atoms with E-state index < -0.39 is 0 Å². The largest absolute Gasteiger partial charge is 0.455 e. The SMILES string of the molecule is c1cc(-c2ccc(-c3cc4cc5sc(-c6ccc(-c7cccc8nsnc78)o6)cc5cc4s3)o2)c2nsnc2c1. The van der Waals surface area contributed by atoms with E-state index >= 15 is 0 Å². The Hall–Kier alpha value is -4.22. The molecule has 9 rings (SSSR count). The van der Waals surface area contributed by atoms with Gasteiger partial charge in [-0.05, 0) is 83.6 Å². The number of hydrogen-bond donors (Lipinski definition) is 0. The van der Waals surface area contributed by atoms with Crippen LogP contribution in [0.25, 0.3) is 86.2 Å². The molecule has 0 spiro atoms. The average Bonchev–Trinajstić information content (AvgIpc) is 3.81. The molecule has 10 heteroatoms. The first-order valence-corrected chi connectivity index (χ1v) is 15.5. The zero-order valence-corrected chi connectivity index (χ0v) is 23.6. The molecule has 40 heavy (non-hydrogen) atoms. The number of benzene rings is 3. The van der Waals surface area contributed by atoms with Crippen LogP contribution in [-0.2, 0) is 0 Å². The average molecular weight is 591 g/mol. The minimum absolute atomic E-state index is 0.802. The quantitative estimate of drug-likeness (QED) is 0.203. The van der Waals surface area contributed by atoms with Gasteiger partial charge in [0.15, 0.2) is 0 Å². The minimum Gasteiger partial charge on any atom is -0.455 e. The second kappa shape index (κ2) is 8.64. The van der Waals surface area contributed by atoms with Gasteiger partial charge < -0.3 is 8.83 Å². The van der Waals surface area contributed by atoms with Crippen molar-refractivity contribution in [3.63, 3.8) is 0 Å². The molecule has 0 amide bonds. The van der Waals surface area contributed by atoms with E-state index in [-0.39, 0.29) is 0 Å². The van der Waals surface area contributed by atoms with Crippen LogP contribution in [0.2, 0.25) is 0 Å². The minimum atomic E-state index is 0.802. The zero-order valence-electron chi connectivity index (χ0n) is 20.3. The molecule has 0 saturated carbocycles. The number of aromatic nitrogens is 4. The van der Waals surface area contributed by atoms with Gasteiger partial charge in [-0.2, -0.15) is 17.5 Å². The number of hydrogen-bond acceptors (Lipinski definition) is 10. The highest BCUT2D eigenvalue weighted by Gasteiger charge is 2.17. The summed E-state index contributed by atoms with van der Waals surface area (Å²) in [7, 11) is 0. The van der Waals surface area contributed by atoms with Crippen molar-refractivity contribution >= 4 is 88.4 Å². The Morgan fingerprint density at radius 3 is 1.45 bits per heavy atom. The first-order chi connectivity index (χ1) is 19.8. The standard InChI is InChI=1S/C30H14N4O2S4/c1-3-17(29-19(5-1)31-39-33-29)21-7-9-23(35-21)27-13-15-11-26-16(12-25(15)37-27)14-28(38-26)24-10-8-22(36-24)18-4-2-6-20-30(18)34-40-32-20/h1-14H. The lowest BCUT2D eigenvalue weighted by Gasteiger charge is -1.97. The smallest absolute Gasteiger partial charge is 0.144 e. The van der Waals surface area contributed by atoms with Crippen molar-refractivity contribution in [2.75, 3.05) is 0 Å². The molecule has 0 atom stereocenters. The highest BCUT2D eigenvalue weighted by atomic mass is 32.1. The summed E-state index contributed by atoms with van der Waals surface area (Å²) in [6.45, 7) is 0. The number of furan rings is 2. The highest BCUT2D eigenvalue weighted by molar-refractivity contribution is 7.23. The Morgan fingerprint density at radius 2 is 0.950 bits per heavy atom. The summed E-state index contributed by atoms with van der Waals surface area (Å²) >= 11 is 5.92. The Labute approximate surface area is 242 Å². The molecule has 0 unspecified atom stereocenters. The van der Waals surface area contributed by atoms with Gasteiger partial charge in [-0.25, -0.2) is 0 Å². The van der Waals surface area contributed by atoms with Crippen molar-refractivity contribution in [2.24, 2.45) is 0 Å². The molecule has 0 N–H and O–H groups in total. The van der Waals surface area contributed by atoms with E-state index in [4.69, 9.17) is 8.83 Å². The Balaban J connectivity index is 1.06. The van der Waals surface area contributed by atoms with Crippen molar-refractivity contribution in [2.45, 2.75) is 0 Å². The molecule has 0 saturated heterocycles. The fourth-order valence-corrected chi connectivity index (χ4v) is 8.26. The highest BCUT2D eigenvalue weighted by Crippen LogP contribution is 2.42. The van der Waals surface area contributed by atoms with Crippen molar-refractivity contribution < 1.29 is 8.83 Å². The van der Waals surface area contributed by atoms with Gasteiger partial charge in [0, 0.05) is 20.5 Å². The summed E-state index contributed by atoms with van der Waals surface area (Å²) < 4.78 is 32.7. The second-order valence-corrected chi connectivity index (χ2v) is 12.6. The molecule has 0 bridgehead atoms. The van der Waals surface area contributed by atoms with Crippen LogP contribution in [0.3, 0.4) is 0 Å². The lowest BCUT2D eigenvalue weighted by atomic mass is 10.1. The van der Waals surface area contributed by atoms with E-state index in [1.165, 1.54) is 43.6 Å². The molecule has 190 valence electrons. The Kier molecular flexibility index (Phi) is 4.88. The summed E-state index contributed by atoms with van der Waals surface area (Å²) in [5.74, 6) is 3.32. The third-order valence-corrected chi connectivity index (χ3v) is 10.3. The molecule has 0 fully saturated rings. The molecule has 0 aliphatic rings. The predicted octanol–water partition coefficient (Wildman–Crippen LogP) is 9.98. The normalized spacial score (nSPS) is 12.0. The maximum atomic E-state index is 6.31. The van der Waals surface area contributed by atoms with Gasteiger partial charge in [-0.15, -0.1) is 22.7 Å². The third kappa shape index (κ3) is 3.50. The summed E-state index contributed by atoms with van der Waals surface area (Å²) in [4.78, 5) is 2.20. The predicted molar refractivity (Wildman–Crippen MR) is 165 cm³/mol. The van der Waals surface area contributed by atoms with Crippen molar-refractivity contribution in [3.05, 3.63) is 84.9 Å². The van der Waals surface area contributed by atoms with Crippen LogP contribution in [0.4, 0.5) is 0 Å². The summed E-state index contributed by atoms with van der Waals surface area (Å²) in [6.07, 6.45) is 0. The van der Waals surface area contributed by atoms with E-state index in [2.05, 4.69) is 41.8 Å². The van der Waals surface area contributed by atoms with Gasteiger partial charge in [-0.1, -0.05) is 12.1 Å². The fraction of sp³-hybridized carbons (Fsp3) is 0. The van der Waals surface area contributed by atoms with Gasteiger partial charge in [0.2, 0.25) is 0 Å². The molecule has 9 aromatic rings. The maximum Gasteiger partial charge on any atom is 0.144 e. The fourth-order valence-electron chi connectivity index (χ4n) is 5.06. The van der Waals surface area contributed by atoms with Crippen LogP contribution in [0.5, 0.6) is 0 Å². The zero-order chi connectivity index (χ0) is 26.2. The molecule has 6 nitrogen and oxygen atoms in total. The van der Waals surface area contributed by atoms with E-state index in [1.54, 1.807) is 22.7 Å². The monoisotopic (exact) mass is 590 g/mol. The van der Waals surface area contributed by atoms with E-state index in [1.807, 2.05) is 60.7 Å². The third-order valence-electron chi connectivity index (χ3n) is 6.96. The number of thiophene rings is 2. The number of nitrogens with zero attached hydrogens (tertiary/aromatic N) is 4. The summed E-state index contributed by atoms with van der Waals surface area (Å²) in [6, 6.07) is 29.0. The lowest BCUT2D eigenvalue weighted by molar-refractivity contribution is 0.599. The van der Waals surface area contributed by atoms with Gasteiger partial charge in [-0.3, -0.25) is 0 Å². The molecule has 6 heterocycles. The van der Waals surface area contributed by atoms with Crippen LogP contribution in [0, 0.1) is 0 Å². The first-order valence-electron chi connectivity index (χ1n) is 12.4. The molecule has 0 aliphatic carbocycles. The molecule has 0 radical (unpaired) electrons. The number of fused-ring (bicyclic) bond motifs is 4. The van der Waals surface area contributed by atoms with Gasteiger partial charge in [0.25, 0.3) is 0 Å². The van der Waals surface area contributed by atoms with E-state index in [0.717, 1.165) is 66.0 Å². The molecular formula is C30H14N4O2S4. The van der Waals surface area contributed by atoms with E-state index in [9.17, 15) is 0 Å². The maximum absolute atomic E-state index is 6.31. The molecular weight excluding hydrogens is 577 g/mol. The number of rotatable bonds is 4. The van der Waals surface area contributed by atoms with Crippen LogP contribution in [-0.4, -0.2) is 17.5 Å². The van der Waals surface area contributed by atoms with Crippen LogP contribution < -0.4 is 0 Å². The van der Waals surface area contributed by atoms with Crippen molar-refractivity contribution in [1.29, 1.82) is 0 Å². The van der Waals surface area contributed by atoms with Crippen molar-refractivity contribution in [1.82, 2.24) is 17.5 Å². The van der Waals surface area contributed by atoms with Crippen LogP contribution in [0.15, 0.2) is 93.8 Å². The Bertz CT molecular complexity index is 2150. The van der Waals surface area contributed by atoms with Crippen molar-refractivity contribution in [3.8, 4) is 43.9 Å². The second-order valence-electron chi connectivity index (χ2n) is 9.35. The molecule has 0 aliphatic heterocycles. The van der Waals surface area contributed by atoms with Gasteiger partial charge in [0.1, 0.15) is 45.1 Å². The van der Waals surface area contributed by atoms with Gasteiger partial charge >= 0.3 is 0 Å². The molecule has 3 aromatic carbocycles. The lowest BCUT2D eigenvalue weighted by Crippen LogP contribution is -1.77. The van der Waals surface area contributed by atoms with E-state index in [0.29, 0.717) is 0 Å². The van der Waals surface area contributed by atoms with Crippen LogP contribution >= 0.6 is 46.1 Å². The Morgan fingerprint density at radius 1 is 0.475 bits per heavy atom. The first kappa shape index (κ1) is 22.6. The van der Waals surface area contributed by atoms with Crippen LogP contribution in [0.1, 0.15) is 0 Å². The topological polar surface area (TPSA) is 77.8 Å². The summed E-state index contributed by atoms with van der Waals surface area (Å²) in [5, 5.41) is 2.40.